The van der Waals surface area contributed by atoms with Gasteiger partial charge in [-0.05, 0) is 32.1 Å². The quantitative estimate of drug-likeness (QED) is 0.284. The lowest BCUT2D eigenvalue weighted by Gasteiger charge is -2.01. The van der Waals surface area contributed by atoms with E-state index in [1.165, 1.54) is 83.5 Å². The summed E-state index contributed by atoms with van der Waals surface area (Å²) in [6, 6.07) is 0. The fourth-order valence-corrected chi connectivity index (χ4v) is 2.36. The maximum atomic E-state index is 8.66. The van der Waals surface area contributed by atoms with E-state index in [4.69, 9.17) is 5.11 Å². The third kappa shape index (κ3) is 17.7. The van der Waals surface area contributed by atoms with Crippen LogP contribution in [0.4, 0.5) is 0 Å². The van der Waals surface area contributed by atoms with E-state index in [0.717, 1.165) is 6.42 Å². The van der Waals surface area contributed by atoms with Crippen molar-refractivity contribution in [1.82, 2.24) is 0 Å². The molecule has 1 N–H and O–H groups in total. The van der Waals surface area contributed by atoms with Crippen molar-refractivity contribution in [2.45, 2.75) is 96.8 Å². The number of allylic oxidation sites excluding steroid dienone is 2. The molecule has 0 atom stereocenters. The fourth-order valence-electron chi connectivity index (χ4n) is 2.36. The van der Waals surface area contributed by atoms with Gasteiger partial charge in [-0.1, -0.05) is 76.9 Å². The molecule has 0 aliphatic rings. The first kappa shape index (κ1) is 18.7. The Morgan fingerprint density at radius 3 is 1.47 bits per heavy atom. The Labute approximate surface area is 121 Å². The molecule has 0 radical (unpaired) electrons. The SMILES string of the molecule is CCCCC/C=C/CCCCCCCCCCCO. The van der Waals surface area contributed by atoms with Crippen LogP contribution in [0.25, 0.3) is 0 Å². The molecule has 0 aliphatic carbocycles. The molecule has 0 aliphatic heterocycles. The van der Waals surface area contributed by atoms with E-state index >= 15 is 0 Å². The van der Waals surface area contributed by atoms with Gasteiger partial charge in [0.05, 0.1) is 0 Å². The summed E-state index contributed by atoms with van der Waals surface area (Å²) in [5.74, 6) is 0. The first-order chi connectivity index (χ1) is 9.41. The predicted molar refractivity (Wildman–Crippen MR) is 86.5 cm³/mol. The summed E-state index contributed by atoms with van der Waals surface area (Å²) in [4.78, 5) is 0. The molecule has 0 rings (SSSR count). The number of hydrogen-bond acceptors (Lipinski definition) is 1. The van der Waals surface area contributed by atoms with E-state index < -0.39 is 0 Å². The number of unbranched alkanes of at least 4 members (excludes halogenated alkanes) is 12. The molecule has 0 aromatic carbocycles. The van der Waals surface area contributed by atoms with Crippen molar-refractivity contribution in [3.8, 4) is 0 Å². The van der Waals surface area contributed by atoms with Crippen LogP contribution in [0.1, 0.15) is 96.8 Å². The largest absolute Gasteiger partial charge is 0.396 e. The molecule has 0 bridgehead atoms. The van der Waals surface area contributed by atoms with Crippen molar-refractivity contribution in [2.24, 2.45) is 0 Å². The normalized spacial score (nSPS) is 11.5. The highest BCUT2D eigenvalue weighted by Gasteiger charge is 1.92. The minimum atomic E-state index is 0.367. The van der Waals surface area contributed by atoms with Gasteiger partial charge in [-0.3, -0.25) is 0 Å². The molecule has 1 nitrogen and oxygen atoms in total. The number of aliphatic hydroxyl groups excluding tert-OH is 1. The zero-order valence-corrected chi connectivity index (χ0v) is 13.2. The van der Waals surface area contributed by atoms with Crippen LogP contribution in [0.3, 0.4) is 0 Å². The Balaban J connectivity index is 2.98. The summed E-state index contributed by atoms with van der Waals surface area (Å²) in [5, 5.41) is 8.66. The molecule has 1 heteroatoms. The first-order valence-electron chi connectivity index (χ1n) is 8.67. The van der Waals surface area contributed by atoms with Gasteiger partial charge in [-0.2, -0.15) is 0 Å². The van der Waals surface area contributed by atoms with Crippen molar-refractivity contribution in [1.29, 1.82) is 0 Å². The fraction of sp³-hybridized carbons (Fsp3) is 0.889. The molecule has 19 heavy (non-hydrogen) atoms. The molecule has 0 spiro atoms. The maximum Gasteiger partial charge on any atom is 0.0431 e. The maximum absolute atomic E-state index is 8.66. The van der Waals surface area contributed by atoms with E-state index in [1.54, 1.807) is 0 Å². The zero-order valence-electron chi connectivity index (χ0n) is 13.2. The van der Waals surface area contributed by atoms with Crippen LogP contribution >= 0.6 is 0 Å². The number of rotatable bonds is 15. The van der Waals surface area contributed by atoms with Crippen LogP contribution in [0.5, 0.6) is 0 Å². The molecule has 0 saturated carbocycles. The van der Waals surface area contributed by atoms with Crippen molar-refractivity contribution in [2.75, 3.05) is 6.61 Å². The zero-order chi connectivity index (χ0) is 14.0. The lowest BCUT2D eigenvalue weighted by Crippen LogP contribution is -1.84. The molecule has 0 fully saturated rings. The molecular formula is C18H36O. The van der Waals surface area contributed by atoms with Gasteiger partial charge in [0.15, 0.2) is 0 Å². The Morgan fingerprint density at radius 2 is 1.00 bits per heavy atom. The second kappa shape index (κ2) is 17.7. The second-order valence-electron chi connectivity index (χ2n) is 5.66. The van der Waals surface area contributed by atoms with Gasteiger partial charge >= 0.3 is 0 Å². The molecule has 0 heterocycles. The molecule has 114 valence electrons. The van der Waals surface area contributed by atoms with Gasteiger partial charge in [-0.15, -0.1) is 0 Å². The average Bonchev–Trinajstić information content (AvgIpc) is 2.43. The van der Waals surface area contributed by atoms with E-state index in [1.807, 2.05) is 0 Å². The number of hydrogen-bond donors (Lipinski definition) is 1. The first-order valence-corrected chi connectivity index (χ1v) is 8.67. The van der Waals surface area contributed by atoms with Gasteiger partial charge in [-0.25, -0.2) is 0 Å². The Bertz CT molecular complexity index is 175. The summed E-state index contributed by atoms with van der Waals surface area (Å²) >= 11 is 0. The lowest BCUT2D eigenvalue weighted by atomic mass is 10.1. The van der Waals surface area contributed by atoms with Gasteiger partial charge < -0.3 is 5.11 Å². The predicted octanol–water partition coefficient (Wildman–Crippen LogP) is 6.02. The van der Waals surface area contributed by atoms with Gasteiger partial charge in [0.1, 0.15) is 0 Å². The van der Waals surface area contributed by atoms with Crippen LogP contribution in [0.15, 0.2) is 12.2 Å². The van der Waals surface area contributed by atoms with E-state index in [2.05, 4.69) is 19.1 Å². The molecule has 0 aromatic heterocycles. The van der Waals surface area contributed by atoms with Crippen molar-refractivity contribution in [3.63, 3.8) is 0 Å². The summed E-state index contributed by atoms with van der Waals surface area (Å²) in [6.07, 6.45) is 23.2. The molecule has 0 amide bonds. The summed E-state index contributed by atoms with van der Waals surface area (Å²) in [5.41, 5.74) is 0. The highest BCUT2D eigenvalue weighted by Crippen LogP contribution is 2.11. The lowest BCUT2D eigenvalue weighted by molar-refractivity contribution is 0.282. The van der Waals surface area contributed by atoms with Crippen LogP contribution in [0.2, 0.25) is 0 Å². The van der Waals surface area contributed by atoms with E-state index in [-0.39, 0.29) is 0 Å². The van der Waals surface area contributed by atoms with Crippen LogP contribution in [-0.4, -0.2) is 11.7 Å². The second-order valence-corrected chi connectivity index (χ2v) is 5.66. The summed E-state index contributed by atoms with van der Waals surface area (Å²) < 4.78 is 0. The standard InChI is InChI=1S/C18H36O/c1-2-3-4-5-6-7-8-9-10-11-12-13-14-15-16-17-18-19/h6-7,19H,2-5,8-18H2,1H3/b7-6+. The molecule has 0 unspecified atom stereocenters. The van der Waals surface area contributed by atoms with Gasteiger partial charge in [0, 0.05) is 6.61 Å². The highest BCUT2D eigenvalue weighted by molar-refractivity contribution is 4.81. The minimum Gasteiger partial charge on any atom is -0.396 e. The Hall–Kier alpha value is -0.300. The monoisotopic (exact) mass is 268 g/mol. The third-order valence-corrected chi connectivity index (χ3v) is 3.67. The van der Waals surface area contributed by atoms with Gasteiger partial charge in [0.2, 0.25) is 0 Å². The highest BCUT2D eigenvalue weighted by atomic mass is 16.2. The smallest absolute Gasteiger partial charge is 0.0431 e. The third-order valence-electron chi connectivity index (χ3n) is 3.67. The average molecular weight is 268 g/mol. The van der Waals surface area contributed by atoms with Crippen molar-refractivity contribution < 1.29 is 5.11 Å². The molecular weight excluding hydrogens is 232 g/mol. The van der Waals surface area contributed by atoms with Crippen molar-refractivity contribution in [3.05, 3.63) is 12.2 Å². The van der Waals surface area contributed by atoms with Crippen LogP contribution in [-0.2, 0) is 0 Å². The van der Waals surface area contributed by atoms with Crippen LogP contribution < -0.4 is 0 Å². The molecule has 0 aromatic rings. The Kier molecular flexibility index (Phi) is 17.4. The van der Waals surface area contributed by atoms with E-state index in [9.17, 15) is 0 Å². The van der Waals surface area contributed by atoms with Crippen LogP contribution in [0, 0.1) is 0 Å². The van der Waals surface area contributed by atoms with E-state index in [0.29, 0.717) is 6.61 Å². The number of aliphatic hydroxyl groups is 1. The summed E-state index contributed by atoms with van der Waals surface area (Å²) in [6.45, 7) is 2.63. The molecule has 0 saturated heterocycles. The Morgan fingerprint density at radius 1 is 0.579 bits per heavy atom. The minimum absolute atomic E-state index is 0.367. The summed E-state index contributed by atoms with van der Waals surface area (Å²) in [7, 11) is 0. The van der Waals surface area contributed by atoms with Gasteiger partial charge in [0.25, 0.3) is 0 Å². The van der Waals surface area contributed by atoms with Crippen molar-refractivity contribution >= 4 is 0 Å². The topological polar surface area (TPSA) is 20.2 Å².